The highest BCUT2D eigenvalue weighted by Gasteiger charge is 2.49. The van der Waals surface area contributed by atoms with Crippen LogP contribution in [0.25, 0.3) is 0 Å². The van der Waals surface area contributed by atoms with Gasteiger partial charge in [0.05, 0.1) is 45.5 Å². The van der Waals surface area contributed by atoms with Gasteiger partial charge in [0.25, 0.3) is 0 Å². The van der Waals surface area contributed by atoms with Gasteiger partial charge in [-0.05, 0) is 11.5 Å². The van der Waals surface area contributed by atoms with Crippen LogP contribution in [0, 0.1) is 22.7 Å². The van der Waals surface area contributed by atoms with Crippen LogP contribution in [0.5, 0.6) is 0 Å². The summed E-state index contributed by atoms with van der Waals surface area (Å²) in [7, 11) is -3.06. The van der Waals surface area contributed by atoms with Crippen LogP contribution in [0.1, 0.15) is 66.4 Å². The Labute approximate surface area is 269 Å². The van der Waals surface area contributed by atoms with Crippen LogP contribution in [-0.2, 0) is 67.7 Å². The van der Waals surface area contributed by atoms with Crippen LogP contribution in [0.15, 0.2) is 30.3 Å². The molecule has 0 radical (unpaired) electrons. The van der Waals surface area contributed by atoms with E-state index in [0.717, 1.165) is 5.56 Å². The highest BCUT2D eigenvalue weighted by molar-refractivity contribution is 7.48. The molecule has 3 atom stereocenters. The van der Waals surface area contributed by atoms with E-state index in [9.17, 15) is 28.5 Å². The van der Waals surface area contributed by atoms with Crippen molar-refractivity contribution in [3.05, 3.63) is 35.9 Å². The van der Waals surface area contributed by atoms with Gasteiger partial charge in [-0.15, -0.1) is 0 Å². The predicted octanol–water partition coefficient (Wildman–Crippen LogP) is 4.10. The first kappa shape index (κ1) is 38.9. The van der Waals surface area contributed by atoms with E-state index in [-0.39, 0.29) is 51.5 Å². The number of phosphoric acid groups is 1. The monoisotopic (exact) mass is 671 g/mol. The largest absolute Gasteiger partial charge is 0.478 e. The molecule has 258 valence electrons. The maximum Gasteiger partial charge on any atom is 0.478 e. The van der Waals surface area contributed by atoms with Crippen LogP contribution < -0.4 is 5.32 Å². The quantitative estimate of drug-likeness (QED) is 0.108. The number of rotatable bonds is 17. The zero-order chi connectivity index (χ0) is 34.5. The first-order chi connectivity index (χ1) is 21.5. The average Bonchev–Trinajstić information content (AvgIpc) is 2.99. The summed E-state index contributed by atoms with van der Waals surface area (Å²) < 4.78 is 49.1. The Balaban J connectivity index is 1.81. The van der Waals surface area contributed by atoms with Gasteiger partial charge in [0.15, 0.2) is 6.10 Å². The molecular weight excluding hydrogens is 625 g/mol. The molecule has 2 rings (SSSR count). The zero-order valence-corrected chi connectivity index (χ0v) is 28.4. The van der Waals surface area contributed by atoms with Crippen molar-refractivity contribution in [2.45, 2.75) is 73.5 Å². The van der Waals surface area contributed by atoms with Gasteiger partial charge in [-0.3, -0.25) is 33.0 Å². The molecule has 0 aliphatic carbocycles. The van der Waals surface area contributed by atoms with Crippen LogP contribution in [0.4, 0.5) is 0 Å². The fourth-order valence-electron chi connectivity index (χ4n) is 4.17. The van der Waals surface area contributed by atoms with Crippen molar-refractivity contribution in [1.82, 2.24) is 5.32 Å². The van der Waals surface area contributed by atoms with E-state index in [1.165, 1.54) is 7.11 Å². The molecule has 1 aromatic rings. The lowest BCUT2D eigenvalue weighted by molar-refractivity contribution is -0.163. The fourth-order valence-corrected chi connectivity index (χ4v) is 5.68. The lowest BCUT2D eigenvalue weighted by Crippen LogP contribution is -2.50. The molecule has 46 heavy (non-hydrogen) atoms. The third kappa shape index (κ3) is 13.2. The SMILES string of the molecule is COC(=O)CCNC(=O)[C@@H]1OP(=O)(OCOC(=O)CC(C)(C)COC(=O)[C@@H](CC(=O)OCc2ccccc2)C(C)C)OCC1(C)C. The summed E-state index contributed by atoms with van der Waals surface area (Å²) in [5.41, 5.74) is -0.919. The molecule has 1 saturated heterocycles. The molecule has 1 heterocycles. The Bertz CT molecular complexity index is 1250. The lowest BCUT2D eigenvalue weighted by atomic mass is 9.87. The van der Waals surface area contributed by atoms with Gasteiger partial charge in [0.1, 0.15) is 6.61 Å². The first-order valence-electron chi connectivity index (χ1n) is 14.9. The molecule has 0 aromatic heterocycles. The van der Waals surface area contributed by atoms with E-state index in [2.05, 4.69) is 10.1 Å². The van der Waals surface area contributed by atoms with Crippen LogP contribution in [0.3, 0.4) is 0 Å². The van der Waals surface area contributed by atoms with E-state index in [1.54, 1.807) is 41.5 Å². The minimum Gasteiger partial charge on any atom is -0.469 e. The predicted molar refractivity (Wildman–Crippen MR) is 162 cm³/mol. The van der Waals surface area contributed by atoms with Crippen molar-refractivity contribution >= 4 is 37.6 Å². The van der Waals surface area contributed by atoms with E-state index in [1.807, 2.05) is 30.3 Å². The van der Waals surface area contributed by atoms with Gasteiger partial charge in [-0.2, -0.15) is 0 Å². The molecule has 14 nitrogen and oxygen atoms in total. The second kappa shape index (κ2) is 17.6. The summed E-state index contributed by atoms with van der Waals surface area (Å²) in [5.74, 6) is -3.94. The summed E-state index contributed by atoms with van der Waals surface area (Å²) in [5, 5.41) is 2.52. The molecule has 1 N–H and O–H groups in total. The molecule has 15 heteroatoms. The zero-order valence-electron chi connectivity index (χ0n) is 27.5. The Hall–Kier alpha value is -3.32. The molecule has 1 aliphatic heterocycles. The fraction of sp³-hybridized carbons (Fsp3) is 0.645. The van der Waals surface area contributed by atoms with Crippen molar-refractivity contribution in [3.63, 3.8) is 0 Å². The van der Waals surface area contributed by atoms with E-state index in [0.29, 0.717) is 0 Å². The molecule has 0 saturated carbocycles. The molecule has 1 fully saturated rings. The minimum atomic E-state index is -4.29. The molecule has 1 aromatic carbocycles. The van der Waals surface area contributed by atoms with Gasteiger partial charge in [-0.25, -0.2) is 9.09 Å². The van der Waals surface area contributed by atoms with Gasteiger partial charge in [-0.1, -0.05) is 71.9 Å². The lowest BCUT2D eigenvalue weighted by Gasteiger charge is -2.39. The number of esters is 4. The highest BCUT2D eigenvalue weighted by atomic mass is 31.2. The number of hydrogen-bond acceptors (Lipinski definition) is 13. The molecule has 1 unspecified atom stereocenters. The number of ether oxygens (including phenoxy) is 4. The minimum absolute atomic E-state index is 0.0183. The van der Waals surface area contributed by atoms with Gasteiger partial charge >= 0.3 is 31.7 Å². The number of amides is 1. The maximum absolute atomic E-state index is 13.0. The van der Waals surface area contributed by atoms with E-state index >= 15 is 0 Å². The normalized spacial score (nSPS) is 19.9. The number of carbonyl (C=O) groups is 5. The highest BCUT2D eigenvalue weighted by Crippen LogP contribution is 2.57. The first-order valence-corrected chi connectivity index (χ1v) is 16.4. The Morgan fingerprint density at radius 2 is 1.70 bits per heavy atom. The number of benzene rings is 1. The Kier molecular flexibility index (Phi) is 14.8. The summed E-state index contributed by atoms with van der Waals surface area (Å²) in [6.45, 7) is 9.27. The second-order valence-electron chi connectivity index (χ2n) is 12.7. The average molecular weight is 672 g/mol. The molecule has 1 amide bonds. The molecular formula is C31H46NO13P. The third-order valence-corrected chi connectivity index (χ3v) is 8.36. The molecule has 1 aliphatic rings. The smallest absolute Gasteiger partial charge is 0.469 e. The number of carbonyl (C=O) groups excluding carboxylic acids is 5. The molecule has 0 bridgehead atoms. The van der Waals surface area contributed by atoms with Gasteiger partial charge in [0, 0.05) is 17.4 Å². The van der Waals surface area contributed by atoms with Crippen LogP contribution >= 0.6 is 7.82 Å². The number of methoxy groups -OCH3 is 1. The Morgan fingerprint density at radius 3 is 2.33 bits per heavy atom. The van der Waals surface area contributed by atoms with Gasteiger partial charge in [0.2, 0.25) is 12.7 Å². The molecule has 0 spiro atoms. The van der Waals surface area contributed by atoms with Crippen LogP contribution in [0.2, 0.25) is 0 Å². The third-order valence-electron chi connectivity index (χ3n) is 7.03. The summed E-state index contributed by atoms with van der Waals surface area (Å²) in [6, 6.07) is 9.18. The number of phosphoric ester groups is 1. The topological polar surface area (TPSA) is 179 Å². The van der Waals surface area contributed by atoms with Crippen LogP contribution in [-0.4, -0.2) is 69.5 Å². The summed E-state index contributed by atoms with van der Waals surface area (Å²) in [4.78, 5) is 61.8. The Morgan fingerprint density at radius 1 is 1.02 bits per heavy atom. The maximum atomic E-state index is 13.0. The van der Waals surface area contributed by atoms with Crippen molar-refractivity contribution in [2.24, 2.45) is 22.7 Å². The standard InChI is InChI=1S/C31H46NO13P/c1-21(2)23(15-25(34)40-17-22-11-9-8-10-12-22)29(37)41-18-30(3,4)16-26(35)42-20-44-46(38)43-19-31(5,6)27(45-46)28(36)32-14-13-24(33)39-7/h8-12,21,23,27H,13-20H2,1-7H3,(H,32,36)/t23-,27-,46?/m0/s1. The van der Waals surface area contributed by atoms with Gasteiger partial charge < -0.3 is 24.3 Å². The summed E-state index contributed by atoms with van der Waals surface area (Å²) >= 11 is 0. The van der Waals surface area contributed by atoms with Crippen molar-refractivity contribution in [2.75, 3.05) is 33.7 Å². The second-order valence-corrected chi connectivity index (χ2v) is 14.3. The van der Waals surface area contributed by atoms with E-state index in [4.69, 9.17) is 27.8 Å². The summed E-state index contributed by atoms with van der Waals surface area (Å²) in [6.07, 6.45) is -1.65. The van der Waals surface area contributed by atoms with E-state index < -0.39 is 67.3 Å². The number of nitrogens with one attached hydrogen (secondary N) is 1. The van der Waals surface area contributed by atoms with Crippen molar-refractivity contribution < 1.29 is 61.1 Å². The van der Waals surface area contributed by atoms with Crippen molar-refractivity contribution in [1.29, 1.82) is 0 Å². The number of hydrogen-bond donors (Lipinski definition) is 1. The van der Waals surface area contributed by atoms with Crippen molar-refractivity contribution in [3.8, 4) is 0 Å².